The number of amides is 1. The SMILES string of the molecule is O=C(Nc1ccccc1F)[C@](F)(OC(F)(F)C(F)(F)C(F)(F)F)C(F)(F)F. The molecule has 0 aliphatic carbocycles. The van der Waals surface area contributed by atoms with Gasteiger partial charge in [0.15, 0.2) is 0 Å². The molecule has 1 amide bonds. The predicted molar refractivity (Wildman–Crippen MR) is 62.0 cm³/mol. The van der Waals surface area contributed by atoms with Gasteiger partial charge in [0, 0.05) is 0 Å². The maximum atomic E-state index is 13.9. The highest BCUT2D eigenvalue weighted by molar-refractivity contribution is 5.97. The zero-order valence-corrected chi connectivity index (χ0v) is 12.2. The van der Waals surface area contributed by atoms with Crippen LogP contribution in [-0.2, 0) is 9.53 Å². The van der Waals surface area contributed by atoms with Crippen LogP contribution in [-0.4, -0.2) is 36.1 Å². The van der Waals surface area contributed by atoms with Crippen LogP contribution in [0.1, 0.15) is 0 Å². The molecule has 1 aromatic carbocycles. The van der Waals surface area contributed by atoms with Crippen molar-refractivity contribution in [3.63, 3.8) is 0 Å². The van der Waals surface area contributed by atoms with Crippen molar-refractivity contribution in [2.45, 2.75) is 30.2 Å². The highest BCUT2D eigenvalue weighted by atomic mass is 19.4. The lowest BCUT2D eigenvalue weighted by atomic mass is 10.2. The fourth-order valence-corrected chi connectivity index (χ4v) is 1.40. The van der Waals surface area contributed by atoms with Gasteiger partial charge in [-0.25, -0.2) is 4.39 Å². The third-order valence-electron chi connectivity index (χ3n) is 2.77. The van der Waals surface area contributed by atoms with E-state index in [9.17, 15) is 57.5 Å². The predicted octanol–water partition coefficient (Wildman–Crippen LogP) is 4.80. The molecule has 0 heterocycles. The summed E-state index contributed by atoms with van der Waals surface area (Å²) in [6.07, 6.45) is -21.2. The Morgan fingerprint density at radius 3 is 1.70 bits per heavy atom. The van der Waals surface area contributed by atoms with Gasteiger partial charge in [0.1, 0.15) is 5.82 Å². The van der Waals surface area contributed by atoms with Gasteiger partial charge in [-0.3, -0.25) is 9.53 Å². The van der Waals surface area contributed by atoms with Gasteiger partial charge in [-0.2, -0.15) is 48.3 Å². The van der Waals surface area contributed by atoms with Gasteiger partial charge in [0.25, 0.3) is 5.91 Å². The molecule has 1 N–H and O–H groups in total. The quantitative estimate of drug-likeness (QED) is 0.692. The summed E-state index contributed by atoms with van der Waals surface area (Å²) in [5.41, 5.74) is -1.23. The van der Waals surface area contributed by atoms with Gasteiger partial charge in [-0.05, 0) is 12.1 Å². The fourth-order valence-electron chi connectivity index (χ4n) is 1.40. The van der Waals surface area contributed by atoms with Gasteiger partial charge < -0.3 is 5.32 Å². The van der Waals surface area contributed by atoms with Gasteiger partial charge in [-0.1, -0.05) is 12.1 Å². The number of ether oxygens (including phenoxy) is 1. The van der Waals surface area contributed by atoms with Crippen LogP contribution in [0.5, 0.6) is 0 Å². The smallest absolute Gasteiger partial charge is 0.318 e. The first-order valence-corrected chi connectivity index (χ1v) is 6.21. The molecule has 154 valence electrons. The zero-order chi connectivity index (χ0) is 21.5. The first-order valence-electron chi connectivity index (χ1n) is 6.21. The van der Waals surface area contributed by atoms with Crippen LogP contribution < -0.4 is 5.32 Å². The molecule has 0 aromatic heterocycles. The van der Waals surface area contributed by atoms with Crippen molar-refractivity contribution in [2.75, 3.05) is 5.32 Å². The van der Waals surface area contributed by atoms with E-state index in [0.717, 1.165) is 17.4 Å². The minimum absolute atomic E-state index is 0.506. The maximum absolute atomic E-state index is 13.9. The largest absolute Gasteiger partial charge is 0.462 e. The van der Waals surface area contributed by atoms with E-state index in [1.807, 2.05) is 4.74 Å². The molecule has 1 atom stereocenters. The second-order valence-electron chi connectivity index (χ2n) is 4.72. The zero-order valence-electron chi connectivity index (χ0n) is 12.2. The molecule has 15 heteroatoms. The normalized spacial score (nSPS) is 16.0. The average molecular weight is 423 g/mol. The van der Waals surface area contributed by atoms with Crippen LogP contribution in [0.4, 0.5) is 58.4 Å². The second kappa shape index (κ2) is 6.76. The number of benzene rings is 1. The minimum Gasteiger partial charge on any atom is -0.318 e. The highest BCUT2D eigenvalue weighted by Crippen LogP contribution is 2.51. The Kier molecular flexibility index (Phi) is 5.72. The summed E-state index contributed by atoms with van der Waals surface area (Å²) in [4.78, 5) is 11.3. The van der Waals surface area contributed by atoms with Gasteiger partial charge in [0.2, 0.25) is 0 Å². The molecule has 0 unspecified atom stereocenters. The lowest BCUT2D eigenvalue weighted by Gasteiger charge is -2.34. The van der Waals surface area contributed by atoms with Crippen LogP contribution in [0.2, 0.25) is 0 Å². The molecule has 0 aliphatic heterocycles. The molecule has 0 saturated carbocycles. The van der Waals surface area contributed by atoms with Crippen molar-refractivity contribution in [1.82, 2.24) is 0 Å². The fraction of sp³-hybridized carbons (Fsp3) is 0.417. The van der Waals surface area contributed by atoms with E-state index in [-0.39, 0.29) is 0 Å². The first-order chi connectivity index (χ1) is 11.9. The summed E-state index contributed by atoms with van der Waals surface area (Å²) in [5, 5.41) is 0.777. The molecule has 3 nitrogen and oxygen atoms in total. The Morgan fingerprint density at radius 1 is 0.815 bits per heavy atom. The third-order valence-corrected chi connectivity index (χ3v) is 2.77. The number of carbonyl (C=O) groups excluding carboxylic acids is 1. The van der Waals surface area contributed by atoms with Crippen LogP contribution in [0, 0.1) is 5.82 Å². The number of carbonyl (C=O) groups is 1. The van der Waals surface area contributed by atoms with Crippen molar-refractivity contribution >= 4 is 11.6 Å². The third kappa shape index (κ3) is 4.22. The number of anilines is 1. The van der Waals surface area contributed by atoms with Crippen LogP contribution in [0.3, 0.4) is 0 Å². The van der Waals surface area contributed by atoms with Crippen molar-refractivity contribution in [2.24, 2.45) is 0 Å². The molecule has 1 aromatic rings. The molecular formula is C12H5F12NO2. The number of rotatable bonds is 5. The summed E-state index contributed by atoms with van der Waals surface area (Å²) < 4.78 is 154. The summed E-state index contributed by atoms with van der Waals surface area (Å²) in [7, 11) is 0. The second-order valence-corrected chi connectivity index (χ2v) is 4.72. The molecule has 0 spiro atoms. The molecule has 27 heavy (non-hydrogen) atoms. The number of halogens is 12. The van der Waals surface area contributed by atoms with Gasteiger partial charge >= 0.3 is 30.2 Å². The topological polar surface area (TPSA) is 38.3 Å². The maximum Gasteiger partial charge on any atom is 0.462 e. The number of para-hydroxylation sites is 1. The summed E-state index contributed by atoms with van der Waals surface area (Å²) in [6, 6.07) is 2.83. The number of hydrogen-bond acceptors (Lipinski definition) is 2. The van der Waals surface area contributed by atoms with E-state index >= 15 is 0 Å². The van der Waals surface area contributed by atoms with Crippen LogP contribution >= 0.6 is 0 Å². The lowest BCUT2D eigenvalue weighted by Crippen LogP contribution is -2.62. The Hall–Kier alpha value is -2.19. The Balaban J connectivity index is 3.32. The average Bonchev–Trinajstić information content (AvgIpc) is 2.46. The van der Waals surface area contributed by atoms with E-state index in [1.54, 1.807) is 0 Å². The van der Waals surface area contributed by atoms with Crippen molar-refractivity contribution in [3.8, 4) is 0 Å². The van der Waals surface area contributed by atoms with Crippen LogP contribution in [0.25, 0.3) is 0 Å². The molecule has 0 saturated heterocycles. The Labute approximate surface area is 140 Å². The lowest BCUT2D eigenvalue weighted by molar-refractivity contribution is -0.472. The summed E-state index contributed by atoms with van der Waals surface area (Å²) in [6.45, 7) is 0. The van der Waals surface area contributed by atoms with Crippen molar-refractivity contribution in [3.05, 3.63) is 30.1 Å². The Bertz CT molecular complexity index is 698. The summed E-state index contributed by atoms with van der Waals surface area (Å²) >= 11 is 0. The Morgan fingerprint density at radius 2 is 1.30 bits per heavy atom. The number of hydrogen-bond donors (Lipinski definition) is 1. The number of nitrogens with one attached hydrogen (secondary N) is 1. The molecule has 1 rings (SSSR count). The van der Waals surface area contributed by atoms with E-state index in [1.165, 1.54) is 0 Å². The van der Waals surface area contributed by atoms with Crippen molar-refractivity contribution in [1.29, 1.82) is 0 Å². The van der Waals surface area contributed by atoms with E-state index < -0.39 is 47.7 Å². The van der Waals surface area contributed by atoms with E-state index in [2.05, 4.69) is 0 Å². The molecule has 0 fully saturated rings. The molecule has 0 aliphatic rings. The van der Waals surface area contributed by atoms with E-state index in [4.69, 9.17) is 0 Å². The van der Waals surface area contributed by atoms with Gasteiger partial charge in [-0.15, -0.1) is 0 Å². The molecule has 0 radical (unpaired) electrons. The molecule has 0 bridgehead atoms. The monoisotopic (exact) mass is 423 g/mol. The first kappa shape index (κ1) is 22.9. The van der Waals surface area contributed by atoms with Crippen LogP contribution in [0.15, 0.2) is 24.3 Å². The van der Waals surface area contributed by atoms with E-state index in [0.29, 0.717) is 12.1 Å². The van der Waals surface area contributed by atoms with Crippen molar-refractivity contribution < 1.29 is 62.2 Å². The standard InChI is InChI=1S/C12H5F12NO2/c13-5-3-1-2-4-6(5)25-7(26)8(14,10(17,18)19)27-12(23,24)9(15,16)11(20,21)22/h1-4H,(H,25,26)/t8-/m0/s1. The summed E-state index contributed by atoms with van der Waals surface area (Å²) in [5.74, 6) is -18.5. The number of alkyl halides is 11. The van der Waals surface area contributed by atoms with Gasteiger partial charge in [0.05, 0.1) is 5.69 Å². The minimum atomic E-state index is -7.30. The molecular weight excluding hydrogens is 418 g/mol. The highest BCUT2D eigenvalue weighted by Gasteiger charge is 2.79.